The molecule has 0 aromatic heterocycles. The van der Waals surface area contributed by atoms with Crippen molar-refractivity contribution in [2.75, 3.05) is 5.32 Å². The number of carbonyl (C=O) groups excluding carboxylic acids is 2. The minimum atomic E-state index is -0.514. The summed E-state index contributed by atoms with van der Waals surface area (Å²) in [7, 11) is 0. The number of carbonyl (C=O) groups is 2. The second-order valence-electron chi connectivity index (χ2n) is 5.99. The van der Waals surface area contributed by atoms with E-state index in [0.29, 0.717) is 16.8 Å². The molecule has 2 amide bonds. The van der Waals surface area contributed by atoms with E-state index >= 15 is 0 Å². The lowest BCUT2D eigenvalue weighted by atomic mass is 10.1. The molecular weight excluding hydrogens is 322 g/mol. The van der Waals surface area contributed by atoms with E-state index in [1.54, 1.807) is 31.2 Å². The standard InChI is InChI=1S/C18H17N3O4/c1-11-15(3-2-4-16(11)21(24)25)18(23)20-13-7-5-12(6-8-13)17(22)19-14-9-10-14/h2-8,14H,9-10H2,1H3,(H,19,22)(H,20,23). The number of hydrogen-bond acceptors (Lipinski definition) is 4. The normalized spacial score (nSPS) is 13.2. The SMILES string of the molecule is Cc1c(C(=O)Nc2ccc(C(=O)NC3CC3)cc2)cccc1[N+](=O)[O-]. The summed E-state index contributed by atoms with van der Waals surface area (Å²) in [5, 5.41) is 16.6. The van der Waals surface area contributed by atoms with Gasteiger partial charge in [0.05, 0.1) is 4.92 Å². The van der Waals surface area contributed by atoms with Crippen molar-refractivity contribution in [1.82, 2.24) is 5.32 Å². The fourth-order valence-electron chi connectivity index (χ4n) is 2.47. The molecule has 0 unspecified atom stereocenters. The Labute approximate surface area is 144 Å². The summed E-state index contributed by atoms with van der Waals surface area (Å²) in [4.78, 5) is 34.8. The Balaban J connectivity index is 1.71. The maximum Gasteiger partial charge on any atom is 0.273 e. The minimum Gasteiger partial charge on any atom is -0.349 e. The van der Waals surface area contributed by atoms with E-state index in [-0.39, 0.29) is 23.2 Å². The zero-order valence-corrected chi connectivity index (χ0v) is 13.6. The average Bonchev–Trinajstić information content (AvgIpc) is 3.39. The Morgan fingerprint density at radius 1 is 1.08 bits per heavy atom. The van der Waals surface area contributed by atoms with E-state index in [9.17, 15) is 19.7 Å². The third-order valence-electron chi connectivity index (χ3n) is 4.06. The molecule has 1 aliphatic carbocycles. The smallest absolute Gasteiger partial charge is 0.273 e. The summed E-state index contributed by atoms with van der Waals surface area (Å²) in [5.41, 5.74) is 1.49. The lowest BCUT2D eigenvalue weighted by molar-refractivity contribution is -0.385. The van der Waals surface area contributed by atoms with Crippen LogP contribution in [0.2, 0.25) is 0 Å². The minimum absolute atomic E-state index is 0.0975. The summed E-state index contributed by atoms with van der Waals surface area (Å²) < 4.78 is 0. The van der Waals surface area contributed by atoms with E-state index in [1.807, 2.05) is 0 Å². The predicted molar refractivity (Wildman–Crippen MR) is 92.7 cm³/mol. The molecule has 0 saturated heterocycles. The molecule has 7 heteroatoms. The van der Waals surface area contributed by atoms with Gasteiger partial charge in [0.1, 0.15) is 0 Å². The fourth-order valence-corrected chi connectivity index (χ4v) is 2.47. The molecule has 0 atom stereocenters. The molecule has 128 valence electrons. The first-order chi connectivity index (χ1) is 12.0. The van der Waals surface area contributed by atoms with Gasteiger partial charge in [0.2, 0.25) is 0 Å². The van der Waals surface area contributed by atoms with Crippen molar-refractivity contribution < 1.29 is 14.5 Å². The summed E-state index contributed by atoms with van der Waals surface area (Å²) in [6.45, 7) is 1.54. The Morgan fingerprint density at radius 3 is 2.36 bits per heavy atom. The maximum atomic E-state index is 12.4. The van der Waals surface area contributed by atoms with Crippen LogP contribution >= 0.6 is 0 Å². The molecule has 1 aliphatic rings. The largest absolute Gasteiger partial charge is 0.349 e. The van der Waals surface area contributed by atoms with Gasteiger partial charge in [0, 0.05) is 34.5 Å². The summed E-state index contributed by atoms with van der Waals surface area (Å²) in [5.74, 6) is -0.564. The van der Waals surface area contributed by atoms with Crippen molar-refractivity contribution in [1.29, 1.82) is 0 Å². The highest BCUT2D eigenvalue weighted by molar-refractivity contribution is 6.06. The van der Waals surface area contributed by atoms with Crippen LogP contribution in [-0.4, -0.2) is 22.8 Å². The molecule has 1 saturated carbocycles. The second kappa shape index (κ2) is 6.72. The summed E-state index contributed by atoms with van der Waals surface area (Å²) in [6.07, 6.45) is 2.03. The molecule has 0 heterocycles. The number of nitrogens with one attached hydrogen (secondary N) is 2. The van der Waals surface area contributed by atoms with E-state index < -0.39 is 10.8 Å². The van der Waals surface area contributed by atoms with E-state index in [4.69, 9.17) is 0 Å². The highest BCUT2D eigenvalue weighted by Crippen LogP contribution is 2.22. The van der Waals surface area contributed by atoms with Crippen molar-refractivity contribution in [2.45, 2.75) is 25.8 Å². The predicted octanol–water partition coefficient (Wildman–Crippen LogP) is 3.05. The molecule has 0 spiro atoms. The average molecular weight is 339 g/mol. The first-order valence-corrected chi connectivity index (χ1v) is 7.92. The fraction of sp³-hybridized carbons (Fsp3) is 0.222. The molecule has 2 aromatic rings. The monoisotopic (exact) mass is 339 g/mol. The molecular formula is C18H17N3O4. The topological polar surface area (TPSA) is 101 Å². The van der Waals surface area contributed by atoms with E-state index in [1.165, 1.54) is 18.2 Å². The number of nitro benzene ring substituents is 1. The lowest BCUT2D eigenvalue weighted by Crippen LogP contribution is -2.25. The second-order valence-corrected chi connectivity index (χ2v) is 5.99. The van der Waals surface area contributed by atoms with Gasteiger partial charge in [0.15, 0.2) is 0 Å². The van der Waals surface area contributed by atoms with Crippen molar-refractivity contribution in [2.24, 2.45) is 0 Å². The molecule has 7 nitrogen and oxygen atoms in total. The lowest BCUT2D eigenvalue weighted by Gasteiger charge is -2.09. The number of anilines is 1. The maximum absolute atomic E-state index is 12.4. The quantitative estimate of drug-likeness (QED) is 0.645. The first-order valence-electron chi connectivity index (χ1n) is 7.92. The molecule has 0 bridgehead atoms. The van der Waals surface area contributed by atoms with Crippen LogP contribution < -0.4 is 10.6 Å². The van der Waals surface area contributed by atoms with Gasteiger partial charge in [-0.25, -0.2) is 0 Å². The number of hydrogen-bond donors (Lipinski definition) is 2. The highest BCUT2D eigenvalue weighted by atomic mass is 16.6. The van der Waals surface area contributed by atoms with Gasteiger partial charge in [-0.05, 0) is 50.1 Å². The molecule has 0 radical (unpaired) electrons. The summed E-state index contributed by atoms with van der Waals surface area (Å²) in [6, 6.07) is 11.2. The van der Waals surface area contributed by atoms with E-state index in [2.05, 4.69) is 10.6 Å². The van der Waals surface area contributed by atoms with Crippen LogP contribution in [0.5, 0.6) is 0 Å². The van der Waals surface area contributed by atoms with Crippen molar-refractivity contribution >= 4 is 23.2 Å². The van der Waals surface area contributed by atoms with E-state index in [0.717, 1.165) is 12.8 Å². The first kappa shape index (κ1) is 16.6. The zero-order valence-electron chi connectivity index (χ0n) is 13.6. The van der Waals surface area contributed by atoms with Crippen LogP contribution in [0.4, 0.5) is 11.4 Å². The van der Waals surface area contributed by atoms with Crippen LogP contribution in [0.1, 0.15) is 39.1 Å². The molecule has 2 aromatic carbocycles. The van der Waals surface area contributed by atoms with Crippen molar-refractivity contribution in [3.63, 3.8) is 0 Å². The van der Waals surface area contributed by atoms with Gasteiger partial charge in [-0.15, -0.1) is 0 Å². The van der Waals surface area contributed by atoms with Gasteiger partial charge in [0.25, 0.3) is 17.5 Å². The van der Waals surface area contributed by atoms with Crippen molar-refractivity contribution in [3.8, 4) is 0 Å². The van der Waals surface area contributed by atoms with Crippen LogP contribution in [-0.2, 0) is 0 Å². The Kier molecular flexibility index (Phi) is 4.47. The molecule has 3 rings (SSSR count). The molecule has 1 fully saturated rings. The van der Waals surface area contributed by atoms with Crippen LogP contribution in [0.25, 0.3) is 0 Å². The van der Waals surface area contributed by atoms with Gasteiger partial charge in [-0.1, -0.05) is 6.07 Å². The third kappa shape index (κ3) is 3.82. The zero-order chi connectivity index (χ0) is 18.0. The highest BCUT2D eigenvalue weighted by Gasteiger charge is 2.23. The number of nitro groups is 1. The molecule has 0 aliphatic heterocycles. The van der Waals surface area contributed by atoms with Gasteiger partial charge >= 0.3 is 0 Å². The van der Waals surface area contributed by atoms with Crippen LogP contribution in [0.15, 0.2) is 42.5 Å². The molecule has 25 heavy (non-hydrogen) atoms. The third-order valence-corrected chi connectivity index (χ3v) is 4.06. The van der Waals surface area contributed by atoms with Gasteiger partial charge < -0.3 is 10.6 Å². The Morgan fingerprint density at radius 2 is 1.76 bits per heavy atom. The Bertz CT molecular complexity index is 842. The summed E-state index contributed by atoms with van der Waals surface area (Å²) >= 11 is 0. The molecule has 2 N–H and O–H groups in total. The van der Waals surface area contributed by atoms with Gasteiger partial charge in [-0.3, -0.25) is 19.7 Å². The Hall–Kier alpha value is -3.22. The van der Waals surface area contributed by atoms with Crippen LogP contribution in [0, 0.1) is 17.0 Å². The number of rotatable bonds is 5. The number of benzene rings is 2. The number of nitrogens with zero attached hydrogens (tertiary/aromatic N) is 1. The van der Waals surface area contributed by atoms with Crippen molar-refractivity contribution in [3.05, 3.63) is 69.3 Å². The van der Waals surface area contributed by atoms with Gasteiger partial charge in [-0.2, -0.15) is 0 Å². The van der Waals surface area contributed by atoms with Crippen LogP contribution in [0.3, 0.4) is 0 Å². The number of amides is 2.